The molecule has 1 amide bonds. The van der Waals surface area contributed by atoms with Crippen LogP contribution in [0.3, 0.4) is 0 Å². The molecular formula is C28H29N5O3S2. The number of nitrogens with zero attached hydrogens (tertiary/aromatic N) is 5. The first kappa shape index (κ1) is 25.1. The van der Waals surface area contributed by atoms with E-state index in [0.717, 1.165) is 38.1 Å². The van der Waals surface area contributed by atoms with Crippen molar-refractivity contribution >= 4 is 57.4 Å². The molecule has 1 atom stereocenters. The van der Waals surface area contributed by atoms with Gasteiger partial charge in [0.05, 0.1) is 23.1 Å². The first-order valence-corrected chi connectivity index (χ1v) is 14.2. The summed E-state index contributed by atoms with van der Waals surface area (Å²) in [6, 6.07) is 14.1. The summed E-state index contributed by atoms with van der Waals surface area (Å²) in [5.41, 5.74) is 2.96. The summed E-state index contributed by atoms with van der Waals surface area (Å²) >= 11 is 6.79. The molecule has 5 heterocycles. The summed E-state index contributed by atoms with van der Waals surface area (Å²) in [7, 11) is 0. The zero-order valence-corrected chi connectivity index (χ0v) is 22.8. The minimum atomic E-state index is -0.191. The number of piperazine rings is 1. The fourth-order valence-corrected chi connectivity index (χ4v) is 6.52. The number of para-hydroxylation sites is 1. The van der Waals surface area contributed by atoms with E-state index in [-0.39, 0.29) is 17.6 Å². The molecule has 3 saturated heterocycles. The largest absolute Gasteiger partial charge is 0.376 e. The molecule has 0 aliphatic carbocycles. The third-order valence-corrected chi connectivity index (χ3v) is 8.70. The number of aryl methyl sites for hydroxylation is 1. The van der Waals surface area contributed by atoms with E-state index >= 15 is 0 Å². The molecule has 0 saturated carbocycles. The standard InChI is InChI=1S/C28H29N5O3S2/c1-19-7-5-11-32-24(19)29-25(31-14-12-30(13-15-31)20-8-3-2-4-9-20)22(26(32)34)17-23-27(35)33(28(37)38-23)18-21-10-6-16-36-21/h2-5,7-9,11,17,21H,6,10,12-16,18H2,1H3/b23-17-. The predicted octanol–water partition coefficient (Wildman–Crippen LogP) is 3.71. The van der Waals surface area contributed by atoms with Gasteiger partial charge in [-0.1, -0.05) is 48.2 Å². The van der Waals surface area contributed by atoms with Crippen molar-refractivity contribution in [1.29, 1.82) is 0 Å². The number of rotatable bonds is 5. The minimum absolute atomic E-state index is 0.00394. The summed E-state index contributed by atoms with van der Waals surface area (Å²) < 4.78 is 7.79. The first-order valence-electron chi connectivity index (χ1n) is 12.9. The Hall–Kier alpha value is -3.21. The number of aromatic nitrogens is 2. The molecule has 3 aliphatic heterocycles. The van der Waals surface area contributed by atoms with E-state index in [4.69, 9.17) is 21.9 Å². The Labute approximate surface area is 230 Å². The number of pyridine rings is 1. The zero-order valence-electron chi connectivity index (χ0n) is 21.2. The number of carbonyl (C=O) groups is 1. The van der Waals surface area contributed by atoms with Crippen molar-refractivity contribution in [1.82, 2.24) is 14.3 Å². The van der Waals surface area contributed by atoms with Gasteiger partial charge >= 0.3 is 0 Å². The van der Waals surface area contributed by atoms with Gasteiger partial charge in [-0.3, -0.25) is 18.9 Å². The smallest absolute Gasteiger partial charge is 0.267 e. The molecule has 2 aromatic heterocycles. The Morgan fingerprint density at radius 3 is 2.58 bits per heavy atom. The van der Waals surface area contributed by atoms with E-state index < -0.39 is 0 Å². The van der Waals surface area contributed by atoms with Crippen molar-refractivity contribution in [2.24, 2.45) is 0 Å². The maximum Gasteiger partial charge on any atom is 0.267 e. The highest BCUT2D eigenvalue weighted by Gasteiger charge is 2.35. The van der Waals surface area contributed by atoms with Gasteiger partial charge in [-0.25, -0.2) is 4.98 Å². The van der Waals surface area contributed by atoms with E-state index in [2.05, 4.69) is 21.9 Å². The number of thiocarbonyl (C=S) groups is 1. The van der Waals surface area contributed by atoms with Crippen molar-refractivity contribution < 1.29 is 9.53 Å². The van der Waals surface area contributed by atoms with Gasteiger partial charge in [0.15, 0.2) is 0 Å². The topological polar surface area (TPSA) is 70.4 Å². The summed E-state index contributed by atoms with van der Waals surface area (Å²) in [5, 5.41) is 0. The van der Waals surface area contributed by atoms with Gasteiger partial charge in [0.1, 0.15) is 15.8 Å². The van der Waals surface area contributed by atoms with Crippen LogP contribution in [-0.4, -0.2) is 69.9 Å². The first-order chi connectivity index (χ1) is 18.5. The SMILES string of the molecule is Cc1cccn2c(=O)c(/C=C3\SC(=S)N(CC4CCCO4)C3=O)c(N3CCN(c4ccccc4)CC3)nc12. The molecule has 6 rings (SSSR count). The normalized spacial score (nSPS) is 21.3. The highest BCUT2D eigenvalue weighted by Crippen LogP contribution is 2.34. The highest BCUT2D eigenvalue weighted by molar-refractivity contribution is 8.26. The van der Waals surface area contributed by atoms with Crippen LogP contribution in [0.1, 0.15) is 24.0 Å². The molecule has 0 radical (unpaired) electrons. The van der Waals surface area contributed by atoms with Gasteiger partial charge in [0, 0.05) is 44.7 Å². The van der Waals surface area contributed by atoms with Gasteiger partial charge in [-0.05, 0) is 49.6 Å². The summed E-state index contributed by atoms with van der Waals surface area (Å²) in [4.78, 5) is 38.7. The maximum atomic E-state index is 13.8. The Balaban J connectivity index is 1.35. The Morgan fingerprint density at radius 2 is 1.84 bits per heavy atom. The highest BCUT2D eigenvalue weighted by atomic mass is 32.2. The molecule has 8 nitrogen and oxygen atoms in total. The third kappa shape index (κ3) is 4.72. The number of carbonyl (C=O) groups excluding carboxylic acids is 1. The van der Waals surface area contributed by atoms with Gasteiger partial charge in [-0.15, -0.1) is 0 Å². The molecule has 196 valence electrons. The Bertz CT molecular complexity index is 1480. The van der Waals surface area contributed by atoms with Crippen molar-refractivity contribution in [3.8, 4) is 0 Å². The Kier molecular flexibility index (Phi) is 6.94. The molecular weight excluding hydrogens is 518 g/mol. The number of anilines is 2. The fourth-order valence-electron chi connectivity index (χ4n) is 5.26. The van der Waals surface area contributed by atoms with E-state index in [1.54, 1.807) is 21.6 Å². The summed E-state index contributed by atoms with van der Waals surface area (Å²) in [6.45, 7) is 6.16. The average Bonchev–Trinajstić information content (AvgIpc) is 3.55. The number of thioether (sulfide) groups is 1. The summed E-state index contributed by atoms with van der Waals surface area (Å²) in [6.07, 6.45) is 5.34. The van der Waals surface area contributed by atoms with Gasteiger partial charge in [0.25, 0.3) is 11.5 Å². The van der Waals surface area contributed by atoms with E-state index in [0.29, 0.717) is 45.9 Å². The lowest BCUT2D eigenvalue weighted by atomic mass is 10.2. The third-order valence-electron chi connectivity index (χ3n) is 7.32. The predicted molar refractivity (Wildman–Crippen MR) is 156 cm³/mol. The molecule has 1 aromatic carbocycles. The van der Waals surface area contributed by atoms with Gasteiger partial charge < -0.3 is 14.5 Å². The van der Waals surface area contributed by atoms with Gasteiger partial charge in [0.2, 0.25) is 0 Å². The van der Waals surface area contributed by atoms with Crippen LogP contribution in [0.5, 0.6) is 0 Å². The van der Waals surface area contributed by atoms with Crippen LogP contribution < -0.4 is 15.4 Å². The zero-order chi connectivity index (χ0) is 26.2. The van der Waals surface area contributed by atoms with Crippen LogP contribution >= 0.6 is 24.0 Å². The quantitative estimate of drug-likeness (QED) is 0.354. The lowest BCUT2D eigenvalue weighted by Gasteiger charge is -2.37. The van der Waals surface area contributed by atoms with E-state index in [1.165, 1.54) is 17.4 Å². The average molecular weight is 548 g/mol. The lowest BCUT2D eigenvalue weighted by Crippen LogP contribution is -2.47. The van der Waals surface area contributed by atoms with Crippen LogP contribution in [0.2, 0.25) is 0 Å². The minimum Gasteiger partial charge on any atom is -0.376 e. The number of hydrogen-bond donors (Lipinski definition) is 0. The second-order valence-electron chi connectivity index (χ2n) is 9.78. The number of benzene rings is 1. The molecule has 0 bridgehead atoms. The Morgan fingerprint density at radius 1 is 1.08 bits per heavy atom. The molecule has 0 N–H and O–H groups in total. The molecule has 0 spiro atoms. The van der Waals surface area contributed by atoms with Crippen molar-refractivity contribution in [3.63, 3.8) is 0 Å². The van der Waals surface area contributed by atoms with Crippen molar-refractivity contribution in [3.05, 3.63) is 75.0 Å². The molecule has 3 fully saturated rings. The lowest BCUT2D eigenvalue weighted by molar-refractivity contribution is -0.123. The van der Waals surface area contributed by atoms with Crippen LogP contribution in [-0.2, 0) is 9.53 Å². The van der Waals surface area contributed by atoms with Crippen molar-refractivity contribution in [2.45, 2.75) is 25.9 Å². The van der Waals surface area contributed by atoms with Crippen LogP contribution in [0.4, 0.5) is 11.5 Å². The number of hydrogen-bond acceptors (Lipinski definition) is 8. The number of fused-ring (bicyclic) bond motifs is 1. The van der Waals surface area contributed by atoms with Gasteiger partial charge in [-0.2, -0.15) is 0 Å². The monoisotopic (exact) mass is 547 g/mol. The van der Waals surface area contributed by atoms with Crippen molar-refractivity contribution in [2.75, 3.05) is 49.1 Å². The van der Waals surface area contributed by atoms with Crippen LogP contribution in [0.15, 0.2) is 58.4 Å². The fraction of sp³-hybridized carbons (Fsp3) is 0.357. The molecule has 3 aromatic rings. The van der Waals surface area contributed by atoms with E-state index in [1.807, 2.05) is 37.3 Å². The summed E-state index contributed by atoms with van der Waals surface area (Å²) in [5.74, 6) is 0.436. The van der Waals surface area contributed by atoms with Crippen LogP contribution in [0, 0.1) is 6.92 Å². The molecule has 3 aliphatic rings. The van der Waals surface area contributed by atoms with E-state index in [9.17, 15) is 9.59 Å². The maximum absolute atomic E-state index is 13.8. The molecule has 38 heavy (non-hydrogen) atoms. The second-order valence-corrected chi connectivity index (χ2v) is 11.5. The second kappa shape index (κ2) is 10.5. The number of ether oxygens (including phenoxy) is 1. The molecule has 10 heteroatoms. The molecule has 1 unspecified atom stereocenters. The number of amides is 1. The van der Waals surface area contributed by atoms with Crippen LogP contribution in [0.25, 0.3) is 11.7 Å².